The van der Waals surface area contributed by atoms with Crippen molar-refractivity contribution in [3.8, 4) is 0 Å². The summed E-state index contributed by atoms with van der Waals surface area (Å²) in [6.45, 7) is 49.5. The second-order valence-electron chi connectivity index (χ2n) is 53.7. The number of hydrogen-bond donors (Lipinski definition) is 13. The highest BCUT2D eigenvalue weighted by Crippen LogP contribution is 2.94. The Morgan fingerprint density at radius 2 is 0.758 bits per heavy atom. The van der Waals surface area contributed by atoms with Crippen molar-refractivity contribution in [3.63, 3.8) is 0 Å². The number of esters is 1. The summed E-state index contributed by atoms with van der Waals surface area (Å²) in [5, 5.41) is 145. The Hall–Kier alpha value is -1.41. The first-order valence-corrected chi connectivity index (χ1v) is 50.7. The molecule has 47 atom stereocenters. The van der Waals surface area contributed by atoms with Crippen LogP contribution in [-0.2, 0) is 52.2 Å². The molecule has 0 aromatic heterocycles. The minimum absolute atomic E-state index is 0. The van der Waals surface area contributed by atoms with E-state index in [1.54, 1.807) is 13.8 Å². The summed E-state index contributed by atoms with van der Waals surface area (Å²) in [6, 6.07) is 0. The predicted molar refractivity (Wildman–Crippen MR) is 473 cm³/mol. The normalized spacial score (nSPS) is 59.9. The lowest BCUT2D eigenvalue weighted by Crippen LogP contribution is -2.62. The molecule has 4 bridgehead atoms. The molecule has 24 nitrogen and oxygen atoms in total. The summed E-state index contributed by atoms with van der Waals surface area (Å²) in [6.07, 6.45) is 9.81. The van der Waals surface area contributed by atoms with Gasteiger partial charge in [0.05, 0.1) is 61.0 Å². The zero-order chi connectivity index (χ0) is 92.0. The number of carbonyl (C=O) groups excluding carboxylic acids is 1. The van der Waals surface area contributed by atoms with E-state index in [0.717, 1.165) is 122 Å². The molecule has 128 heavy (non-hydrogen) atoms. The average molecular weight is 1800 g/mol. The fourth-order valence-electron chi connectivity index (χ4n) is 40.6. The van der Waals surface area contributed by atoms with Crippen LogP contribution in [-0.4, -0.2) is 237 Å². The van der Waals surface area contributed by atoms with Crippen LogP contribution in [0.25, 0.3) is 0 Å². The molecule has 24 heteroatoms. The van der Waals surface area contributed by atoms with E-state index in [0.29, 0.717) is 53.3 Å². The summed E-state index contributed by atoms with van der Waals surface area (Å²) >= 11 is 0. The minimum atomic E-state index is -1.86. The Kier molecular flexibility index (Phi) is 21.6. The third-order valence-electron chi connectivity index (χ3n) is 46.1. The average Bonchev–Trinajstić information content (AvgIpc) is 1.47. The molecule has 22 rings (SSSR count). The first kappa shape index (κ1) is 95.5. The Labute approximate surface area is 763 Å². The molecule has 0 aromatic carbocycles. The van der Waals surface area contributed by atoms with Crippen molar-refractivity contribution in [1.29, 1.82) is 0 Å². The van der Waals surface area contributed by atoms with Gasteiger partial charge in [-0.05, 0) is 305 Å². The fraction of sp³-hybridized carbons (Fsp3) is 0.990. The van der Waals surface area contributed by atoms with Gasteiger partial charge >= 0.3 is 5.97 Å². The molecule has 13 N–H and O–H groups in total. The number of fused-ring (bicyclic) bond motifs is 12. The number of ether oxygens (including phenoxy) is 10. The minimum Gasteiger partial charge on any atom is -0.457 e. The highest BCUT2D eigenvalue weighted by atomic mass is 16.8. The van der Waals surface area contributed by atoms with E-state index in [4.69, 9.17) is 47.4 Å². The number of hydrogen-bond acceptors (Lipinski definition) is 24. The fourth-order valence-corrected chi connectivity index (χ4v) is 40.6. The molecule has 0 radical (unpaired) electrons. The maximum atomic E-state index is 12.7. The van der Waals surface area contributed by atoms with Crippen LogP contribution >= 0.6 is 0 Å². The molecular weight excluding hydrogens is 1630 g/mol. The van der Waals surface area contributed by atoms with Crippen LogP contribution in [0.5, 0.6) is 0 Å². The predicted octanol–water partition coefficient (Wildman–Crippen LogP) is 12.3. The standard InChI is InChI=1S/C37H60O11.C36H58O8.C30H48O5.CH4/c1-18-15-21(28(32(5,6)43)46-19(2)38)48-37(44)27(18)33(7)13-14-36-17-35(36)12-11-24(47-29-26(41)25(40)20(39)16-45-29)31(3,4)22(35)9-10-23(36)34(33,8)30(37)42;1-18-15-20-27(30(2,3)4)44-36(43-20)26(18)32(7)13-14-35-17-34(35)12-11-23(42-28-25(39)24(38)19(37)16-41-28)31(5,6)21(34)9-10-22(35)33(32,8)29(36)40;1-16-14-17-22(25(4,5)33)35-30(34-17)21(16)26(6)12-13-29-15-28(29)11-10-20(31)24(2,3)18(28)8-9-19(29)27(26,7)23(30)32;/h18,20-30,39-44H,9-17H2,1-8H3;18-29,37-40H,9-17H2,1-8H3;16-23,31-33H,8-15H2,1-7H3;1H4. The Balaban J connectivity index is 0.000000126. The maximum absolute atomic E-state index is 12.7. The van der Waals surface area contributed by atoms with Gasteiger partial charge < -0.3 is 114 Å². The van der Waals surface area contributed by atoms with Crippen LogP contribution in [0, 0.1) is 158 Å². The van der Waals surface area contributed by atoms with E-state index in [2.05, 4.69) is 125 Å². The van der Waals surface area contributed by atoms with E-state index in [1.165, 1.54) is 32.6 Å². The largest absolute Gasteiger partial charge is 0.457 e. The zero-order valence-corrected chi connectivity index (χ0v) is 81.2. The van der Waals surface area contributed by atoms with Crippen LogP contribution in [0.4, 0.5) is 0 Å². The summed E-state index contributed by atoms with van der Waals surface area (Å²) in [7, 11) is 0. The number of aliphatic hydroxyl groups excluding tert-OH is 10. The van der Waals surface area contributed by atoms with Crippen LogP contribution < -0.4 is 0 Å². The number of aliphatic hydroxyl groups is 13. The van der Waals surface area contributed by atoms with Gasteiger partial charge in [-0.25, -0.2) is 0 Å². The lowest BCUT2D eigenvalue weighted by molar-refractivity contribution is -0.342. The van der Waals surface area contributed by atoms with E-state index in [9.17, 15) is 71.2 Å². The van der Waals surface area contributed by atoms with E-state index in [1.807, 2.05) is 13.8 Å². The summed E-state index contributed by atoms with van der Waals surface area (Å²) in [5.74, 6) is -1.15. The van der Waals surface area contributed by atoms with Crippen molar-refractivity contribution < 1.29 is 119 Å². The number of rotatable bonds is 8. The summed E-state index contributed by atoms with van der Waals surface area (Å²) in [5.41, 5.74) is -3.49. The second kappa shape index (κ2) is 28.9. The van der Waals surface area contributed by atoms with Crippen molar-refractivity contribution in [2.75, 3.05) is 13.2 Å². The molecule has 15 aliphatic carbocycles. The quantitative estimate of drug-likeness (QED) is 0.0793. The maximum Gasteiger partial charge on any atom is 0.303 e. The van der Waals surface area contributed by atoms with Gasteiger partial charge in [-0.2, -0.15) is 0 Å². The molecule has 15 saturated carbocycles. The Morgan fingerprint density at radius 1 is 0.406 bits per heavy atom. The van der Waals surface area contributed by atoms with Crippen LogP contribution in [0.2, 0.25) is 0 Å². The molecule has 730 valence electrons. The molecule has 7 aliphatic heterocycles. The summed E-state index contributed by atoms with van der Waals surface area (Å²) in [4.78, 5) is 12.1. The lowest BCUT2D eigenvalue weighted by atomic mass is 9.41. The Morgan fingerprint density at radius 3 is 1.15 bits per heavy atom. The lowest BCUT2D eigenvalue weighted by Gasteiger charge is -2.63. The highest BCUT2D eigenvalue weighted by Gasteiger charge is 2.93. The number of carbonyl (C=O) groups is 1. The molecular formula is C104H170O24. The third kappa shape index (κ3) is 11.6. The van der Waals surface area contributed by atoms with Crippen molar-refractivity contribution >= 4 is 5.97 Å². The molecule has 8 spiro atoms. The molecule has 0 amide bonds. The SMILES string of the molecule is C.CC(=O)OC(C1CC(C)C2C(O)(O1)C(O)C1(C)C3CCC4C(C)(C)C(OC5OCC(O)C(O)C5O)CCC45CC35CCC21C)C(C)(C)O.CC1CC2OC3(OC2C(C)(C)C)C1C1(C)CCC24CC25CCC(OC2OCC(O)C(O)C2O)C(C)(C)C5CCC4C1(C)C3O.CC1CC2OC3(OC2C(C)(C)O)C1C1(C)CCC24CC25CCC(O)C(C)(C)C5CCC4C1(C)C3O. The topological polar surface area (TPSA) is 372 Å². The van der Waals surface area contributed by atoms with Crippen LogP contribution in [0.1, 0.15) is 321 Å². The van der Waals surface area contributed by atoms with E-state index >= 15 is 0 Å². The van der Waals surface area contributed by atoms with Crippen molar-refractivity contribution in [3.05, 3.63) is 0 Å². The van der Waals surface area contributed by atoms with E-state index < -0.39 is 131 Å². The third-order valence-corrected chi connectivity index (χ3v) is 46.1. The van der Waals surface area contributed by atoms with E-state index in [-0.39, 0.29) is 157 Å². The second-order valence-corrected chi connectivity index (χ2v) is 53.7. The monoisotopic (exact) mass is 1800 g/mol. The summed E-state index contributed by atoms with van der Waals surface area (Å²) < 4.78 is 64.0. The van der Waals surface area contributed by atoms with Gasteiger partial charge in [0.1, 0.15) is 67.1 Å². The molecule has 47 unspecified atom stereocenters. The smallest absolute Gasteiger partial charge is 0.303 e. The first-order valence-electron chi connectivity index (χ1n) is 50.7. The van der Waals surface area contributed by atoms with Gasteiger partial charge in [0, 0.05) is 40.9 Å². The van der Waals surface area contributed by atoms with Gasteiger partial charge in [-0.3, -0.25) is 4.79 Å². The molecule has 22 fully saturated rings. The molecule has 7 saturated heterocycles. The first-order chi connectivity index (χ1) is 58.6. The van der Waals surface area contributed by atoms with Crippen LogP contribution in [0.3, 0.4) is 0 Å². The highest BCUT2D eigenvalue weighted by molar-refractivity contribution is 5.66. The Bertz CT molecular complexity index is 4290. The van der Waals surface area contributed by atoms with Crippen LogP contribution in [0.15, 0.2) is 0 Å². The van der Waals surface area contributed by atoms with Crippen molar-refractivity contribution in [2.24, 2.45) is 158 Å². The van der Waals surface area contributed by atoms with Gasteiger partial charge in [0.25, 0.3) is 0 Å². The van der Waals surface area contributed by atoms with Crippen molar-refractivity contribution in [2.45, 2.75) is 472 Å². The van der Waals surface area contributed by atoms with Crippen molar-refractivity contribution in [1.82, 2.24) is 0 Å². The van der Waals surface area contributed by atoms with Gasteiger partial charge in [-0.15, -0.1) is 0 Å². The van der Waals surface area contributed by atoms with Gasteiger partial charge in [-0.1, -0.05) is 132 Å². The molecule has 22 aliphatic rings. The van der Waals surface area contributed by atoms with Gasteiger partial charge in [0.15, 0.2) is 36.0 Å². The molecule has 0 aromatic rings. The zero-order valence-electron chi connectivity index (χ0n) is 81.2. The molecule has 7 heterocycles. The van der Waals surface area contributed by atoms with Gasteiger partial charge in [0.2, 0.25) is 0 Å².